The van der Waals surface area contributed by atoms with Gasteiger partial charge in [0.05, 0.1) is 23.6 Å². The average Bonchev–Trinajstić information content (AvgIpc) is 2.79. The zero-order valence-corrected chi connectivity index (χ0v) is 11.1. The predicted octanol–water partition coefficient (Wildman–Crippen LogP) is 3.53. The summed E-state index contributed by atoms with van der Waals surface area (Å²) in [5.74, 6) is 0.836. The van der Waals surface area contributed by atoms with Crippen molar-refractivity contribution in [3.63, 3.8) is 0 Å². The normalized spacial score (nSPS) is 10.1. The number of hydrogen-bond acceptors (Lipinski definition) is 4. The van der Waals surface area contributed by atoms with Crippen LogP contribution < -0.4 is 10.1 Å². The third-order valence-electron chi connectivity index (χ3n) is 2.10. The van der Waals surface area contributed by atoms with Gasteiger partial charge >= 0.3 is 0 Å². The fourth-order valence-corrected chi connectivity index (χ4v) is 2.37. The minimum absolute atomic E-state index is 0.795. The van der Waals surface area contributed by atoms with Crippen molar-refractivity contribution in [3.8, 4) is 5.75 Å². The number of rotatable bonds is 4. The van der Waals surface area contributed by atoms with Gasteiger partial charge in [-0.1, -0.05) is 0 Å². The summed E-state index contributed by atoms with van der Waals surface area (Å²) in [4.78, 5) is 5.24. The molecule has 0 unspecified atom stereocenters. The molecule has 1 N–H and O–H groups in total. The van der Waals surface area contributed by atoms with E-state index in [0.717, 1.165) is 22.5 Å². The van der Waals surface area contributed by atoms with E-state index in [1.165, 1.54) is 4.88 Å². The first kappa shape index (κ1) is 11.4. The first-order valence-electron chi connectivity index (χ1n) is 4.74. The summed E-state index contributed by atoms with van der Waals surface area (Å²) in [6, 6.07) is 5.92. The van der Waals surface area contributed by atoms with Crippen molar-refractivity contribution in [1.82, 2.24) is 4.98 Å². The summed E-state index contributed by atoms with van der Waals surface area (Å²) < 4.78 is 6.12. The van der Waals surface area contributed by atoms with Crippen molar-refractivity contribution in [3.05, 3.63) is 39.3 Å². The van der Waals surface area contributed by atoms with E-state index in [9.17, 15) is 0 Å². The van der Waals surface area contributed by atoms with E-state index in [4.69, 9.17) is 4.74 Å². The van der Waals surface area contributed by atoms with Crippen molar-refractivity contribution in [2.45, 2.75) is 6.54 Å². The van der Waals surface area contributed by atoms with Crippen LogP contribution in [0.5, 0.6) is 5.75 Å². The van der Waals surface area contributed by atoms with Crippen LogP contribution in [-0.2, 0) is 6.54 Å². The van der Waals surface area contributed by atoms with E-state index < -0.39 is 0 Å². The summed E-state index contributed by atoms with van der Waals surface area (Å²) in [7, 11) is 1.66. The molecule has 1 heterocycles. The Morgan fingerprint density at radius 2 is 2.38 bits per heavy atom. The maximum Gasteiger partial charge on any atom is 0.133 e. The molecule has 0 saturated heterocycles. The molecule has 2 aromatic rings. The number of halogens is 1. The third-order valence-corrected chi connectivity index (χ3v) is 3.50. The third kappa shape index (κ3) is 2.74. The fraction of sp³-hybridized carbons (Fsp3) is 0.182. The Morgan fingerprint density at radius 3 is 3.00 bits per heavy atom. The van der Waals surface area contributed by atoms with E-state index in [1.807, 2.05) is 29.9 Å². The van der Waals surface area contributed by atoms with Gasteiger partial charge in [-0.3, -0.25) is 4.98 Å². The highest BCUT2D eigenvalue weighted by molar-refractivity contribution is 9.10. The molecule has 0 bridgehead atoms. The Labute approximate surface area is 107 Å². The molecule has 0 atom stereocenters. The van der Waals surface area contributed by atoms with Gasteiger partial charge in [0.15, 0.2) is 0 Å². The highest BCUT2D eigenvalue weighted by Gasteiger charge is 2.01. The molecule has 2 rings (SSSR count). The van der Waals surface area contributed by atoms with Gasteiger partial charge in [0.25, 0.3) is 0 Å². The second kappa shape index (κ2) is 5.32. The number of nitrogens with zero attached hydrogens (tertiary/aromatic N) is 1. The quantitative estimate of drug-likeness (QED) is 0.938. The second-order valence-corrected chi connectivity index (χ2v) is 5.00. The number of thiazole rings is 1. The van der Waals surface area contributed by atoms with Crippen molar-refractivity contribution in [2.24, 2.45) is 0 Å². The molecule has 0 fully saturated rings. The van der Waals surface area contributed by atoms with Crippen molar-refractivity contribution >= 4 is 33.0 Å². The van der Waals surface area contributed by atoms with E-state index in [0.29, 0.717) is 0 Å². The minimum atomic E-state index is 0.795. The molecule has 0 aliphatic heterocycles. The lowest BCUT2D eigenvalue weighted by atomic mass is 10.3. The Hall–Kier alpha value is -1.07. The molecule has 1 aromatic heterocycles. The van der Waals surface area contributed by atoms with E-state index >= 15 is 0 Å². The molecule has 1 aromatic carbocycles. The number of anilines is 1. The van der Waals surface area contributed by atoms with Gasteiger partial charge < -0.3 is 10.1 Å². The standard InChI is InChI=1S/C11H11BrN2OS/c1-15-11-3-2-8(4-10(11)12)14-6-9-5-13-7-16-9/h2-5,7,14H,6H2,1H3. The minimum Gasteiger partial charge on any atom is -0.496 e. The first-order chi connectivity index (χ1) is 7.79. The highest BCUT2D eigenvalue weighted by atomic mass is 79.9. The van der Waals surface area contributed by atoms with E-state index in [-0.39, 0.29) is 0 Å². The molecule has 3 nitrogen and oxygen atoms in total. The molecule has 84 valence electrons. The molecular weight excluding hydrogens is 288 g/mol. The second-order valence-electron chi connectivity index (χ2n) is 3.17. The molecule has 0 radical (unpaired) electrons. The fourth-order valence-electron chi connectivity index (χ4n) is 1.29. The molecule has 0 amide bonds. The van der Waals surface area contributed by atoms with Crippen molar-refractivity contribution in [1.29, 1.82) is 0 Å². The lowest BCUT2D eigenvalue weighted by molar-refractivity contribution is 0.412. The predicted molar refractivity (Wildman–Crippen MR) is 70.1 cm³/mol. The van der Waals surface area contributed by atoms with Gasteiger partial charge in [-0.25, -0.2) is 0 Å². The number of aromatic nitrogens is 1. The SMILES string of the molecule is COc1ccc(NCc2cncs2)cc1Br. The van der Waals surface area contributed by atoms with Crippen LogP contribution in [0.3, 0.4) is 0 Å². The topological polar surface area (TPSA) is 34.1 Å². The summed E-state index contributed by atoms with van der Waals surface area (Å²) in [6.45, 7) is 0.795. The molecular formula is C11H11BrN2OS. The van der Waals surface area contributed by atoms with Gasteiger partial charge in [0.1, 0.15) is 5.75 Å². The van der Waals surface area contributed by atoms with E-state index in [2.05, 4.69) is 26.2 Å². The summed E-state index contributed by atoms with van der Waals surface area (Å²) >= 11 is 5.10. The Balaban J connectivity index is 2.02. The largest absolute Gasteiger partial charge is 0.496 e. The number of methoxy groups -OCH3 is 1. The molecule has 0 spiro atoms. The number of nitrogens with one attached hydrogen (secondary N) is 1. The number of benzene rings is 1. The van der Waals surface area contributed by atoms with Crippen molar-refractivity contribution < 1.29 is 4.74 Å². The molecule has 0 aliphatic carbocycles. The van der Waals surface area contributed by atoms with Gasteiger partial charge in [-0.2, -0.15) is 0 Å². The lowest BCUT2D eigenvalue weighted by Gasteiger charge is -2.07. The van der Waals surface area contributed by atoms with Crippen LogP contribution in [0.1, 0.15) is 4.88 Å². The smallest absolute Gasteiger partial charge is 0.133 e. The average molecular weight is 299 g/mol. The highest BCUT2D eigenvalue weighted by Crippen LogP contribution is 2.27. The molecule has 5 heteroatoms. The van der Waals surface area contributed by atoms with E-state index in [1.54, 1.807) is 18.4 Å². The zero-order chi connectivity index (χ0) is 11.4. The first-order valence-corrected chi connectivity index (χ1v) is 6.41. The maximum atomic E-state index is 5.17. The van der Waals surface area contributed by atoms with Crippen LogP contribution in [0.15, 0.2) is 34.4 Å². The Morgan fingerprint density at radius 1 is 1.50 bits per heavy atom. The maximum absolute atomic E-state index is 5.17. The van der Waals surface area contributed by atoms with Gasteiger partial charge in [-0.05, 0) is 34.1 Å². The molecule has 0 aliphatic rings. The lowest BCUT2D eigenvalue weighted by Crippen LogP contribution is -1.97. The Kier molecular flexibility index (Phi) is 3.79. The van der Waals surface area contributed by atoms with Crippen molar-refractivity contribution in [2.75, 3.05) is 12.4 Å². The Bertz CT molecular complexity index is 459. The van der Waals surface area contributed by atoms with Crippen LogP contribution in [-0.4, -0.2) is 12.1 Å². The van der Waals surface area contributed by atoms with Crippen LogP contribution in [0.25, 0.3) is 0 Å². The molecule has 0 saturated carbocycles. The van der Waals surface area contributed by atoms with Crippen LogP contribution >= 0.6 is 27.3 Å². The monoisotopic (exact) mass is 298 g/mol. The number of hydrogen-bond donors (Lipinski definition) is 1. The summed E-state index contributed by atoms with van der Waals surface area (Å²) in [5, 5.41) is 3.32. The van der Waals surface area contributed by atoms with Gasteiger partial charge in [-0.15, -0.1) is 11.3 Å². The van der Waals surface area contributed by atoms with Gasteiger partial charge in [0, 0.05) is 16.8 Å². The summed E-state index contributed by atoms with van der Waals surface area (Å²) in [5.41, 5.74) is 2.89. The van der Waals surface area contributed by atoms with Crippen LogP contribution in [0, 0.1) is 0 Å². The summed E-state index contributed by atoms with van der Waals surface area (Å²) in [6.07, 6.45) is 1.87. The van der Waals surface area contributed by atoms with Gasteiger partial charge in [0.2, 0.25) is 0 Å². The molecule has 16 heavy (non-hydrogen) atoms. The zero-order valence-electron chi connectivity index (χ0n) is 8.74. The number of ether oxygens (including phenoxy) is 1. The van der Waals surface area contributed by atoms with Crippen LogP contribution in [0.2, 0.25) is 0 Å². The van der Waals surface area contributed by atoms with Crippen LogP contribution in [0.4, 0.5) is 5.69 Å².